The van der Waals surface area contributed by atoms with Crippen LogP contribution in [0.1, 0.15) is 49.5 Å². The smallest absolute Gasteiger partial charge is 0.255 e. The van der Waals surface area contributed by atoms with E-state index >= 15 is 0 Å². The number of carbonyl (C=O) groups excluding carboxylic acids is 1. The minimum absolute atomic E-state index is 0.0677. The second-order valence-electron chi connectivity index (χ2n) is 8.09. The van der Waals surface area contributed by atoms with Crippen molar-refractivity contribution in [1.29, 1.82) is 5.26 Å². The van der Waals surface area contributed by atoms with Crippen molar-refractivity contribution in [1.82, 2.24) is 19.7 Å². The molecule has 0 unspecified atom stereocenters. The molecule has 0 radical (unpaired) electrons. The second-order valence-corrected chi connectivity index (χ2v) is 8.09. The molecular formula is C24H27N5O2. The van der Waals surface area contributed by atoms with Gasteiger partial charge in [-0.25, -0.2) is 9.67 Å². The van der Waals surface area contributed by atoms with Gasteiger partial charge in [-0.3, -0.25) is 4.79 Å². The van der Waals surface area contributed by atoms with E-state index in [-0.39, 0.29) is 18.0 Å². The van der Waals surface area contributed by atoms with Gasteiger partial charge in [0.25, 0.3) is 5.91 Å². The summed E-state index contributed by atoms with van der Waals surface area (Å²) in [5.41, 5.74) is 2.97. The average Bonchev–Trinajstić information content (AvgIpc) is 3.24. The number of hydrogen-bond donors (Lipinski definition) is 0. The van der Waals surface area contributed by atoms with Gasteiger partial charge < -0.3 is 9.64 Å². The Labute approximate surface area is 182 Å². The Morgan fingerprint density at radius 3 is 2.71 bits per heavy atom. The van der Waals surface area contributed by atoms with Gasteiger partial charge in [0.15, 0.2) is 5.65 Å². The van der Waals surface area contributed by atoms with Crippen molar-refractivity contribution in [3.8, 4) is 17.3 Å². The third-order valence-corrected chi connectivity index (χ3v) is 5.71. The van der Waals surface area contributed by atoms with Crippen molar-refractivity contribution in [3.63, 3.8) is 0 Å². The van der Waals surface area contributed by atoms with Gasteiger partial charge in [-0.1, -0.05) is 30.3 Å². The Morgan fingerprint density at radius 1 is 1.29 bits per heavy atom. The van der Waals surface area contributed by atoms with E-state index in [0.29, 0.717) is 37.4 Å². The predicted molar refractivity (Wildman–Crippen MR) is 118 cm³/mol. The molecule has 0 saturated carbocycles. The fourth-order valence-electron chi connectivity index (χ4n) is 4.10. The zero-order valence-electron chi connectivity index (χ0n) is 18.0. The summed E-state index contributed by atoms with van der Waals surface area (Å²) in [5, 5.41) is 14.4. The van der Waals surface area contributed by atoms with Gasteiger partial charge in [0.1, 0.15) is 0 Å². The van der Waals surface area contributed by atoms with Gasteiger partial charge in [0, 0.05) is 37.4 Å². The van der Waals surface area contributed by atoms with Crippen molar-refractivity contribution in [2.75, 3.05) is 19.8 Å². The standard InChI is InChI=1S/C24H27N5O2/c1-17(2)29-23-21(16-26-29)20(15-22(27-23)18-7-4-3-5-8-18)24(30)28(12-6-11-25)19-9-13-31-14-10-19/h3-5,7-8,15-17,19H,6,9-10,12-14H2,1-2H3. The number of benzene rings is 1. The molecule has 1 fully saturated rings. The molecule has 2 aromatic heterocycles. The maximum absolute atomic E-state index is 13.8. The van der Waals surface area contributed by atoms with Crippen molar-refractivity contribution >= 4 is 16.9 Å². The maximum Gasteiger partial charge on any atom is 0.255 e. The summed E-state index contributed by atoms with van der Waals surface area (Å²) < 4.78 is 7.34. The normalized spacial score (nSPS) is 14.6. The van der Waals surface area contributed by atoms with Gasteiger partial charge in [0.05, 0.1) is 35.3 Å². The first-order chi connectivity index (χ1) is 15.1. The third kappa shape index (κ3) is 4.30. The van der Waals surface area contributed by atoms with Crippen molar-refractivity contribution in [3.05, 3.63) is 48.2 Å². The van der Waals surface area contributed by atoms with Crippen molar-refractivity contribution in [2.24, 2.45) is 0 Å². The molecule has 3 aromatic rings. The molecule has 1 aromatic carbocycles. The third-order valence-electron chi connectivity index (χ3n) is 5.71. The molecule has 7 heteroatoms. The molecule has 1 aliphatic heterocycles. The van der Waals surface area contributed by atoms with Crippen molar-refractivity contribution < 1.29 is 9.53 Å². The van der Waals surface area contributed by atoms with Crippen LogP contribution in [0.15, 0.2) is 42.6 Å². The maximum atomic E-state index is 13.8. The summed E-state index contributed by atoms with van der Waals surface area (Å²) in [4.78, 5) is 20.5. The van der Waals surface area contributed by atoms with Crippen molar-refractivity contribution in [2.45, 2.75) is 45.2 Å². The van der Waals surface area contributed by atoms with Crippen LogP contribution in [0.3, 0.4) is 0 Å². The van der Waals surface area contributed by atoms with E-state index in [4.69, 9.17) is 15.0 Å². The highest BCUT2D eigenvalue weighted by atomic mass is 16.5. The minimum atomic E-state index is -0.0740. The zero-order chi connectivity index (χ0) is 21.8. The van der Waals surface area contributed by atoms with Crippen LogP contribution >= 0.6 is 0 Å². The van der Waals surface area contributed by atoms with E-state index in [1.165, 1.54) is 0 Å². The highest BCUT2D eigenvalue weighted by molar-refractivity contribution is 6.06. The highest BCUT2D eigenvalue weighted by Crippen LogP contribution is 2.28. The number of aromatic nitrogens is 3. The molecule has 1 saturated heterocycles. The topological polar surface area (TPSA) is 84.0 Å². The number of ether oxygens (including phenoxy) is 1. The van der Waals surface area contributed by atoms with Crippen LogP contribution in [0.2, 0.25) is 0 Å². The van der Waals surface area contributed by atoms with Crippen LogP contribution in [-0.4, -0.2) is 51.4 Å². The van der Waals surface area contributed by atoms with E-state index in [1.54, 1.807) is 6.20 Å². The average molecular weight is 418 g/mol. The summed E-state index contributed by atoms with van der Waals surface area (Å²) in [6.45, 7) is 5.77. The van der Waals surface area contributed by atoms with Crippen LogP contribution < -0.4 is 0 Å². The number of fused-ring (bicyclic) bond motifs is 1. The highest BCUT2D eigenvalue weighted by Gasteiger charge is 2.29. The van der Waals surface area contributed by atoms with Crippen LogP contribution in [-0.2, 0) is 4.74 Å². The zero-order valence-corrected chi connectivity index (χ0v) is 18.0. The molecule has 0 spiro atoms. The van der Waals surface area contributed by atoms with Gasteiger partial charge in [0.2, 0.25) is 0 Å². The molecule has 0 N–H and O–H groups in total. The number of rotatable bonds is 6. The quantitative estimate of drug-likeness (QED) is 0.600. The molecule has 31 heavy (non-hydrogen) atoms. The molecule has 160 valence electrons. The molecule has 4 rings (SSSR count). The van der Waals surface area contributed by atoms with E-state index in [1.807, 2.05) is 59.8 Å². The summed E-state index contributed by atoms with van der Waals surface area (Å²) in [5.74, 6) is -0.0740. The number of amides is 1. The molecule has 7 nitrogen and oxygen atoms in total. The van der Waals surface area contributed by atoms with E-state index in [9.17, 15) is 4.79 Å². The summed E-state index contributed by atoms with van der Waals surface area (Å²) in [7, 11) is 0. The first-order valence-electron chi connectivity index (χ1n) is 10.8. The predicted octanol–water partition coefficient (Wildman–Crippen LogP) is 4.21. The fraction of sp³-hybridized carbons (Fsp3) is 0.417. The lowest BCUT2D eigenvalue weighted by atomic mass is 10.0. The van der Waals surface area contributed by atoms with E-state index in [2.05, 4.69) is 11.2 Å². The number of hydrogen-bond acceptors (Lipinski definition) is 5. The molecule has 0 bridgehead atoms. The number of nitriles is 1. The lowest BCUT2D eigenvalue weighted by molar-refractivity contribution is 0.0297. The summed E-state index contributed by atoms with van der Waals surface area (Å²) >= 11 is 0. The summed E-state index contributed by atoms with van der Waals surface area (Å²) in [6.07, 6.45) is 3.59. The summed E-state index contributed by atoms with van der Waals surface area (Å²) in [6, 6.07) is 14.1. The molecule has 1 aliphatic rings. The number of carbonyl (C=O) groups is 1. The van der Waals surface area contributed by atoms with Gasteiger partial charge >= 0.3 is 0 Å². The second kappa shape index (κ2) is 9.27. The van der Waals surface area contributed by atoms with E-state index in [0.717, 1.165) is 29.5 Å². The largest absolute Gasteiger partial charge is 0.381 e. The SMILES string of the molecule is CC(C)n1ncc2c(C(=O)N(CCC#N)C3CCOCC3)cc(-c3ccccc3)nc21. The number of pyridine rings is 1. The Morgan fingerprint density at radius 2 is 2.03 bits per heavy atom. The van der Waals surface area contributed by atoms with Gasteiger partial charge in [-0.05, 0) is 32.8 Å². The molecule has 0 aliphatic carbocycles. The lowest BCUT2D eigenvalue weighted by Gasteiger charge is -2.34. The van der Waals surface area contributed by atoms with E-state index < -0.39 is 0 Å². The Hall–Kier alpha value is -3.24. The number of nitrogens with zero attached hydrogens (tertiary/aromatic N) is 5. The lowest BCUT2D eigenvalue weighted by Crippen LogP contribution is -2.44. The molecule has 3 heterocycles. The molecule has 1 amide bonds. The van der Waals surface area contributed by atoms with Crippen LogP contribution in [0.25, 0.3) is 22.3 Å². The first-order valence-corrected chi connectivity index (χ1v) is 10.8. The van der Waals surface area contributed by atoms with Crippen LogP contribution in [0, 0.1) is 11.3 Å². The monoisotopic (exact) mass is 417 g/mol. The van der Waals surface area contributed by atoms with Gasteiger partial charge in [-0.2, -0.15) is 10.4 Å². The Bertz CT molecular complexity index is 1090. The fourth-order valence-corrected chi connectivity index (χ4v) is 4.10. The Balaban J connectivity index is 1.84. The van der Waals surface area contributed by atoms with Gasteiger partial charge in [-0.15, -0.1) is 0 Å². The van der Waals surface area contributed by atoms with Crippen LogP contribution in [0.4, 0.5) is 0 Å². The Kier molecular flexibility index (Phi) is 6.28. The first kappa shape index (κ1) is 21.0. The minimum Gasteiger partial charge on any atom is -0.381 e. The molecule has 0 atom stereocenters. The van der Waals surface area contributed by atoms with Crippen LogP contribution in [0.5, 0.6) is 0 Å². The molecular weight excluding hydrogens is 390 g/mol.